The third-order valence-corrected chi connectivity index (χ3v) is 6.16. The Morgan fingerprint density at radius 1 is 0.929 bits per heavy atom. The van der Waals surface area contributed by atoms with E-state index in [0.717, 1.165) is 25.0 Å². The van der Waals surface area contributed by atoms with Gasteiger partial charge < -0.3 is 0 Å². The Bertz CT molecular complexity index is 1020. The molecule has 0 spiro atoms. The zero-order valence-electron chi connectivity index (χ0n) is 14.6. The number of nitrogens with zero attached hydrogens (tertiary/aromatic N) is 1. The van der Waals surface area contributed by atoms with Crippen LogP contribution < -0.4 is 10.9 Å². The molecule has 2 N–H and O–H groups in total. The molecular formula is C18H17F2N3O4S. The number of hydrogen-bond acceptors (Lipinski definition) is 4. The van der Waals surface area contributed by atoms with Crippen molar-refractivity contribution < 1.29 is 26.8 Å². The maximum atomic E-state index is 13.6. The largest absolute Gasteiger partial charge is 0.272 e. The Morgan fingerprint density at radius 2 is 1.61 bits per heavy atom. The summed E-state index contributed by atoms with van der Waals surface area (Å²) >= 11 is 0. The molecule has 1 heterocycles. The molecule has 7 nitrogen and oxygen atoms in total. The average Bonchev–Trinajstić information content (AvgIpc) is 3.23. The minimum Gasteiger partial charge on any atom is -0.267 e. The first kappa shape index (κ1) is 19.9. The van der Waals surface area contributed by atoms with Crippen LogP contribution in [0.5, 0.6) is 0 Å². The van der Waals surface area contributed by atoms with Crippen LogP contribution in [0.3, 0.4) is 0 Å². The average molecular weight is 409 g/mol. The van der Waals surface area contributed by atoms with Crippen molar-refractivity contribution in [3.8, 4) is 0 Å². The number of sulfonamides is 1. The van der Waals surface area contributed by atoms with Crippen LogP contribution in [-0.2, 0) is 10.0 Å². The second-order valence-electron chi connectivity index (χ2n) is 6.17. The SMILES string of the molecule is O=C(NNC(=O)c1cc(F)ccc1F)c1cccc(S(=O)(=O)N2CCCC2)c1. The molecule has 0 aromatic heterocycles. The molecule has 3 rings (SSSR count). The van der Waals surface area contributed by atoms with Gasteiger partial charge in [-0.2, -0.15) is 4.31 Å². The smallest absolute Gasteiger partial charge is 0.267 e. The number of nitrogens with one attached hydrogen (secondary N) is 2. The van der Waals surface area contributed by atoms with E-state index in [0.29, 0.717) is 19.2 Å². The monoisotopic (exact) mass is 409 g/mol. The van der Waals surface area contributed by atoms with Crippen molar-refractivity contribution in [3.63, 3.8) is 0 Å². The van der Waals surface area contributed by atoms with E-state index in [-0.39, 0.29) is 10.5 Å². The second kappa shape index (κ2) is 8.03. The lowest BCUT2D eigenvalue weighted by molar-refractivity contribution is 0.0844. The van der Waals surface area contributed by atoms with Crippen molar-refractivity contribution in [1.82, 2.24) is 15.2 Å². The van der Waals surface area contributed by atoms with Gasteiger partial charge in [0, 0.05) is 18.7 Å². The highest BCUT2D eigenvalue weighted by Crippen LogP contribution is 2.21. The zero-order chi connectivity index (χ0) is 20.3. The molecule has 0 unspecified atom stereocenters. The molecular weight excluding hydrogens is 392 g/mol. The standard InChI is InChI=1S/C18H17F2N3O4S/c19-13-6-7-16(20)15(11-13)18(25)22-21-17(24)12-4-3-5-14(10-12)28(26,27)23-8-1-2-9-23/h3-7,10-11H,1-2,8-9H2,(H,21,24)(H,22,25). The van der Waals surface area contributed by atoms with Gasteiger partial charge in [-0.05, 0) is 49.2 Å². The number of benzene rings is 2. The fourth-order valence-corrected chi connectivity index (χ4v) is 4.36. The molecule has 1 saturated heterocycles. The van der Waals surface area contributed by atoms with Gasteiger partial charge in [-0.1, -0.05) is 6.07 Å². The van der Waals surface area contributed by atoms with E-state index >= 15 is 0 Å². The zero-order valence-corrected chi connectivity index (χ0v) is 15.4. The maximum absolute atomic E-state index is 13.6. The van der Waals surface area contributed by atoms with E-state index in [1.165, 1.54) is 28.6 Å². The summed E-state index contributed by atoms with van der Waals surface area (Å²) in [6, 6.07) is 7.69. The van der Waals surface area contributed by atoms with Crippen LogP contribution in [0.25, 0.3) is 0 Å². The summed E-state index contributed by atoms with van der Waals surface area (Å²) in [5, 5.41) is 0. The van der Waals surface area contributed by atoms with E-state index in [4.69, 9.17) is 0 Å². The fraction of sp³-hybridized carbons (Fsp3) is 0.222. The van der Waals surface area contributed by atoms with Gasteiger partial charge in [-0.25, -0.2) is 17.2 Å². The highest BCUT2D eigenvalue weighted by molar-refractivity contribution is 7.89. The lowest BCUT2D eigenvalue weighted by Crippen LogP contribution is -2.42. The third kappa shape index (κ3) is 4.18. The van der Waals surface area contributed by atoms with Gasteiger partial charge in [0.1, 0.15) is 11.6 Å². The summed E-state index contributed by atoms with van der Waals surface area (Å²) < 4.78 is 53.2. The van der Waals surface area contributed by atoms with Crippen molar-refractivity contribution in [1.29, 1.82) is 0 Å². The number of carbonyl (C=O) groups is 2. The molecule has 0 bridgehead atoms. The van der Waals surface area contributed by atoms with Crippen LogP contribution >= 0.6 is 0 Å². The number of hydrazine groups is 1. The lowest BCUT2D eigenvalue weighted by Gasteiger charge is -2.16. The normalized spacial score (nSPS) is 14.6. The first-order valence-corrected chi connectivity index (χ1v) is 9.89. The molecule has 1 aliphatic rings. The summed E-state index contributed by atoms with van der Waals surface area (Å²) in [6.45, 7) is 0.849. The third-order valence-electron chi connectivity index (χ3n) is 4.26. The molecule has 1 fully saturated rings. The quantitative estimate of drug-likeness (QED) is 0.753. The Kier molecular flexibility index (Phi) is 5.71. The second-order valence-corrected chi connectivity index (χ2v) is 8.11. The predicted octanol–water partition coefficient (Wildman–Crippen LogP) is 1.82. The number of rotatable bonds is 4. The molecule has 10 heteroatoms. The minimum atomic E-state index is -3.70. The molecule has 2 aromatic rings. The maximum Gasteiger partial charge on any atom is 0.272 e. The summed E-state index contributed by atoms with van der Waals surface area (Å²) in [5.74, 6) is -3.61. The molecule has 0 radical (unpaired) electrons. The van der Waals surface area contributed by atoms with Crippen molar-refractivity contribution in [3.05, 3.63) is 65.2 Å². The van der Waals surface area contributed by atoms with Gasteiger partial charge in [0.15, 0.2) is 0 Å². The Morgan fingerprint density at radius 3 is 2.32 bits per heavy atom. The Labute approximate surface area is 160 Å². The van der Waals surface area contributed by atoms with Crippen LogP contribution in [0.2, 0.25) is 0 Å². The number of halogens is 2. The highest BCUT2D eigenvalue weighted by Gasteiger charge is 2.27. The number of amides is 2. The topological polar surface area (TPSA) is 95.6 Å². The summed E-state index contributed by atoms with van der Waals surface area (Å²) in [4.78, 5) is 24.1. The van der Waals surface area contributed by atoms with Crippen molar-refractivity contribution in [2.24, 2.45) is 0 Å². The minimum absolute atomic E-state index is 0.0136. The van der Waals surface area contributed by atoms with E-state index in [9.17, 15) is 26.8 Å². The lowest BCUT2D eigenvalue weighted by atomic mass is 10.2. The van der Waals surface area contributed by atoms with Gasteiger partial charge in [0.25, 0.3) is 11.8 Å². The Balaban J connectivity index is 1.71. The molecule has 0 atom stereocenters. The van der Waals surface area contributed by atoms with Gasteiger partial charge >= 0.3 is 0 Å². The van der Waals surface area contributed by atoms with Gasteiger partial charge in [-0.15, -0.1) is 0 Å². The van der Waals surface area contributed by atoms with Crippen LogP contribution in [0, 0.1) is 11.6 Å². The van der Waals surface area contributed by atoms with Crippen LogP contribution in [0.1, 0.15) is 33.6 Å². The highest BCUT2D eigenvalue weighted by atomic mass is 32.2. The number of hydrogen-bond donors (Lipinski definition) is 2. The van der Waals surface area contributed by atoms with Gasteiger partial charge in [0.05, 0.1) is 10.5 Å². The Hall–Kier alpha value is -2.85. The van der Waals surface area contributed by atoms with Crippen molar-refractivity contribution in [2.75, 3.05) is 13.1 Å². The molecule has 2 amide bonds. The molecule has 148 valence electrons. The van der Waals surface area contributed by atoms with E-state index in [1.54, 1.807) is 0 Å². The van der Waals surface area contributed by atoms with Gasteiger partial charge in [0.2, 0.25) is 10.0 Å². The van der Waals surface area contributed by atoms with Crippen molar-refractivity contribution in [2.45, 2.75) is 17.7 Å². The molecule has 0 saturated carbocycles. The predicted molar refractivity (Wildman–Crippen MR) is 95.7 cm³/mol. The van der Waals surface area contributed by atoms with E-state index in [1.807, 2.05) is 5.43 Å². The molecule has 0 aliphatic carbocycles. The van der Waals surface area contributed by atoms with Gasteiger partial charge in [-0.3, -0.25) is 20.4 Å². The fourth-order valence-electron chi connectivity index (χ4n) is 2.80. The van der Waals surface area contributed by atoms with Crippen LogP contribution in [0.4, 0.5) is 8.78 Å². The van der Waals surface area contributed by atoms with Crippen LogP contribution in [0.15, 0.2) is 47.4 Å². The molecule has 28 heavy (non-hydrogen) atoms. The van der Waals surface area contributed by atoms with E-state index < -0.39 is 39.0 Å². The molecule has 2 aromatic carbocycles. The van der Waals surface area contributed by atoms with E-state index in [2.05, 4.69) is 5.43 Å². The summed E-state index contributed by atoms with van der Waals surface area (Å²) in [6.07, 6.45) is 1.56. The van der Waals surface area contributed by atoms with Crippen molar-refractivity contribution >= 4 is 21.8 Å². The summed E-state index contributed by atoms with van der Waals surface area (Å²) in [7, 11) is -3.70. The first-order valence-electron chi connectivity index (χ1n) is 8.45. The molecule has 1 aliphatic heterocycles. The summed E-state index contributed by atoms with van der Waals surface area (Å²) in [5.41, 5.74) is 3.44. The van der Waals surface area contributed by atoms with Crippen LogP contribution in [-0.4, -0.2) is 37.6 Å². The first-order chi connectivity index (χ1) is 13.3. The number of carbonyl (C=O) groups excluding carboxylic acids is 2.